The maximum absolute atomic E-state index is 13.3. The molecule has 0 saturated carbocycles. The third kappa shape index (κ3) is 3.84. The Hall–Kier alpha value is -3.56. The van der Waals surface area contributed by atoms with Crippen molar-refractivity contribution in [2.45, 2.75) is 38.6 Å². The van der Waals surface area contributed by atoms with Crippen molar-refractivity contribution >= 4 is 61.4 Å². The molecule has 0 spiro atoms. The highest BCUT2D eigenvalue weighted by Crippen LogP contribution is 2.38. The van der Waals surface area contributed by atoms with E-state index in [-0.39, 0.29) is 0 Å². The number of para-hydroxylation sites is 1. The number of piperidine rings is 1. The largest absolute Gasteiger partial charge is 0.352 e. The highest BCUT2D eigenvalue weighted by atomic mass is 32.1. The highest BCUT2D eigenvalue weighted by molar-refractivity contribution is 7.16. The molecule has 4 aromatic rings. The zero-order valence-electron chi connectivity index (χ0n) is 21.4. The van der Waals surface area contributed by atoms with Crippen LogP contribution < -0.4 is 10.2 Å². The number of amides is 2. The molecule has 2 N–H and O–H groups in total. The molecular formula is C29H30N6O2S. The number of benzene rings is 1. The molecule has 1 atom stereocenters. The summed E-state index contributed by atoms with van der Waals surface area (Å²) < 4.78 is 0. The average Bonchev–Trinajstić information content (AvgIpc) is 3.73. The minimum Gasteiger partial charge on any atom is -0.352 e. The van der Waals surface area contributed by atoms with Gasteiger partial charge in [0.25, 0.3) is 11.8 Å². The quantitative estimate of drug-likeness (QED) is 0.374. The molecule has 2 fully saturated rings. The summed E-state index contributed by atoms with van der Waals surface area (Å²) in [5.74, 6) is 0.485. The van der Waals surface area contributed by atoms with Crippen LogP contribution in [0.5, 0.6) is 0 Å². The van der Waals surface area contributed by atoms with Crippen molar-refractivity contribution in [2.24, 2.45) is 5.92 Å². The first kappa shape index (κ1) is 23.5. The van der Waals surface area contributed by atoms with E-state index in [0.717, 1.165) is 52.6 Å². The molecule has 2 amide bonds. The van der Waals surface area contributed by atoms with Gasteiger partial charge in [0.05, 0.1) is 22.4 Å². The fraction of sp³-hybridized carbons (Fsp3) is 0.379. The number of hydrogen-bond acceptors (Lipinski definition) is 7. The predicted molar refractivity (Wildman–Crippen MR) is 151 cm³/mol. The van der Waals surface area contributed by atoms with Crippen LogP contribution in [-0.2, 0) is 9.59 Å². The van der Waals surface area contributed by atoms with Gasteiger partial charge in [-0.2, -0.15) is 0 Å². The molecule has 0 bridgehead atoms. The second kappa shape index (κ2) is 9.32. The summed E-state index contributed by atoms with van der Waals surface area (Å²) in [6, 6.07) is 10.3. The Morgan fingerprint density at radius 3 is 2.53 bits per heavy atom. The number of imide groups is 1. The molecule has 0 aliphatic carbocycles. The third-order valence-corrected chi connectivity index (χ3v) is 9.40. The van der Waals surface area contributed by atoms with Crippen LogP contribution in [-0.4, -0.2) is 63.9 Å². The number of carbonyl (C=O) groups is 2. The Labute approximate surface area is 224 Å². The number of rotatable bonds is 5. The predicted octanol–water partition coefficient (Wildman–Crippen LogP) is 4.44. The average molecular weight is 527 g/mol. The Kier molecular flexibility index (Phi) is 5.78. The van der Waals surface area contributed by atoms with E-state index in [1.807, 2.05) is 41.9 Å². The summed E-state index contributed by atoms with van der Waals surface area (Å²) >= 11 is 1.57. The smallest absolute Gasteiger partial charge is 0.261 e. The van der Waals surface area contributed by atoms with Crippen LogP contribution in [0.25, 0.3) is 32.3 Å². The molecule has 9 heteroatoms. The standard InChI is InChI=1S/C29H30N6O2S/c1-17(34-11-4-5-12-34)18-8-13-35(14-9-18)29-31-22-7-3-2-6-20(22)25(32-29)24-23(26(36)33-27(24)37)21-16-30-28-19(21)10-15-38-28/h2-3,6-7,10,15-18,30H,4-5,8-9,11-14H2,1H3,(H,33,36,37). The van der Waals surface area contributed by atoms with E-state index in [1.165, 1.54) is 25.9 Å². The van der Waals surface area contributed by atoms with Gasteiger partial charge in [0, 0.05) is 41.7 Å². The van der Waals surface area contributed by atoms with Crippen molar-refractivity contribution in [3.8, 4) is 0 Å². The lowest BCUT2D eigenvalue weighted by atomic mass is 9.89. The molecule has 3 aliphatic heterocycles. The molecule has 8 nitrogen and oxygen atoms in total. The molecule has 3 aliphatic rings. The molecule has 1 aromatic carbocycles. The number of H-pyrrole nitrogens is 1. The van der Waals surface area contributed by atoms with E-state index in [4.69, 9.17) is 9.97 Å². The van der Waals surface area contributed by atoms with Gasteiger partial charge in [-0.25, -0.2) is 9.97 Å². The zero-order valence-corrected chi connectivity index (χ0v) is 22.2. The van der Waals surface area contributed by atoms with E-state index < -0.39 is 11.8 Å². The number of nitrogens with one attached hydrogen (secondary N) is 2. The Morgan fingerprint density at radius 1 is 0.947 bits per heavy atom. The second-order valence-electron chi connectivity index (χ2n) is 10.6. The molecule has 38 heavy (non-hydrogen) atoms. The maximum atomic E-state index is 13.3. The summed E-state index contributed by atoms with van der Waals surface area (Å²) in [6.45, 7) is 6.58. The number of likely N-dealkylation sites (tertiary alicyclic amines) is 1. The molecule has 7 rings (SSSR count). The van der Waals surface area contributed by atoms with Crippen LogP contribution in [0.2, 0.25) is 0 Å². The van der Waals surface area contributed by atoms with Crippen molar-refractivity contribution in [1.82, 2.24) is 25.2 Å². The first-order valence-corrected chi connectivity index (χ1v) is 14.4. The molecule has 0 radical (unpaired) electrons. The van der Waals surface area contributed by atoms with Gasteiger partial charge in [0.1, 0.15) is 4.83 Å². The van der Waals surface area contributed by atoms with Crippen molar-refractivity contribution in [2.75, 3.05) is 31.1 Å². The molecular weight excluding hydrogens is 496 g/mol. The van der Waals surface area contributed by atoms with E-state index in [9.17, 15) is 9.59 Å². The maximum Gasteiger partial charge on any atom is 0.261 e. The first-order valence-electron chi connectivity index (χ1n) is 13.5. The number of carbonyl (C=O) groups excluding carboxylic acids is 2. The van der Waals surface area contributed by atoms with E-state index in [0.29, 0.717) is 34.7 Å². The lowest BCUT2D eigenvalue weighted by Gasteiger charge is -2.38. The van der Waals surface area contributed by atoms with E-state index >= 15 is 0 Å². The lowest BCUT2D eigenvalue weighted by molar-refractivity contribution is -0.122. The molecule has 2 saturated heterocycles. The van der Waals surface area contributed by atoms with Gasteiger partial charge in [-0.05, 0) is 69.1 Å². The fourth-order valence-electron chi connectivity index (χ4n) is 6.42. The molecule has 3 aromatic heterocycles. The van der Waals surface area contributed by atoms with Gasteiger partial charge in [-0.3, -0.25) is 14.9 Å². The molecule has 194 valence electrons. The summed E-state index contributed by atoms with van der Waals surface area (Å²) in [5.41, 5.74) is 2.70. The van der Waals surface area contributed by atoms with Crippen molar-refractivity contribution in [3.05, 3.63) is 53.2 Å². The van der Waals surface area contributed by atoms with E-state index in [2.05, 4.69) is 27.0 Å². The fourth-order valence-corrected chi connectivity index (χ4v) is 7.19. The summed E-state index contributed by atoms with van der Waals surface area (Å²) in [7, 11) is 0. The van der Waals surface area contributed by atoms with Crippen LogP contribution in [0, 0.1) is 5.92 Å². The molecule has 1 unspecified atom stereocenters. The van der Waals surface area contributed by atoms with E-state index in [1.54, 1.807) is 11.3 Å². The third-order valence-electron chi connectivity index (χ3n) is 8.55. The van der Waals surface area contributed by atoms with Crippen LogP contribution in [0.15, 0.2) is 41.9 Å². The number of anilines is 1. The van der Waals surface area contributed by atoms with Crippen molar-refractivity contribution in [1.29, 1.82) is 0 Å². The monoisotopic (exact) mass is 526 g/mol. The normalized spacial score (nSPS) is 20.3. The minimum atomic E-state index is -0.414. The number of aromatic amines is 1. The Balaban J connectivity index is 1.28. The SMILES string of the molecule is CC(C1CCN(c2nc(C3=C(c4c[nH]c5sccc45)C(=O)NC3=O)c3ccccc3n2)CC1)N1CCCC1. The number of nitrogens with zero attached hydrogens (tertiary/aromatic N) is 4. The van der Waals surface area contributed by atoms with Gasteiger partial charge in [-0.15, -0.1) is 11.3 Å². The van der Waals surface area contributed by atoms with Gasteiger partial charge in [0.15, 0.2) is 0 Å². The van der Waals surface area contributed by atoms with Crippen LogP contribution in [0.3, 0.4) is 0 Å². The zero-order chi connectivity index (χ0) is 25.8. The van der Waals surface area contributed by atoms with Gasteiger partial charge < -0.3 is 14.8 Å². The lowest BCUT2D eigenvalue weighted by Crippen LogP contribution is -2.43. The Morgan fingerprint density at radius 2 is 1.71 bits per heavy atom. The summed E-state index contributed by atoms with van der Waals surface area (Å²) in [5, 5.41) is 6.20. The van der Waals surface area contributed by atoms with Gasteiger partial charge in [0.2, 0.25) is 5.95 Å². The topological polar surface area (TPSA) is 94.2 Å². The first-order chi connectivity index (χ1) is 18.6. The summed E-state index contributed by atoms with van der Waals surface area (Å²) in [4.78, 5) is 45.4. The highest BCUT2D eigenvalue weighted by Gasteiger charge is 2.36. The van der Waals surface area contributed by atoms with Gasteiger partial charge >= 0.3 is 0 Å². The van der Waals surface area contributed by atoms with Crippen LogP contribution >= 0.6 is 11.3 Å². The van der Waals surface area contributed by atoms with Crippen LogP contribution in [0.1, 0.15) is 43.9 Å². The van der Waals surface area contributed by atoms with Crippen LogP contribution in [0.4, 0.5) is 5.95 Å². The number of hydrogen-bond donors (Lipinski definition) is 2. The number of aromatic nitrogens is 3. The second-order valence-corrected chi connectivity index (χ2v) is 11.5. The Bertz CT molecular complexity index is 1590. The minimum absolute atomic E-state index is 0.319. The van der Waals surface area contributed by atoms with Crippen molar-refractivity contribution in [3.63, 3.8) is 0 Å². The molecule has 6 heterocycles. The number of thiophene rings is 1. The van der Waals surface area contributed by atoms with Crippen molar-refractivity contribution < 1.29 is 9.59 Å². The van der Waals surface area contributed by atoms with Gasteiger partial charge in [-0.1, -0.05) is 18.2 Å². The summed E-state index contributed by atoms with van der Waals surface area (Å²) in [6.07, 6.45) is 6.62. The number of fused-ring (bicyclic) bond motifs is 2.